The number of benzene rings is 1. The Morgan fingerprint density at radius 2 is 1.92 bits per heavy atom. The summed E-state index contributed by atoms with van der Waals surface area (Å²) in [7, 11) is -1.84. The first-order valence-corrected chi connectivity index (χ1v) is 3.37. The Bertz CT molecular complexity index is 278. The molecular weight excluding hydrogens is 162 g/mol. The van der Waals surface area contributed by atoms with Crippen LogP contribution in [0, 0.1) is 12.7 Å². The molecule has 0 aliphatic carbocycles. The van der Waals surface area contributed by atoms with E-state index in [-0.39, 0.29) is 11.2 Å². The van der Waals surface area contributed by atoms with E-state index >= 15 is 0 Å². The molecule has 0 aliphatic rings. The molecule has 5 heteroatoms. The number of phenols is 1. The van der Waals surface area contributed by atoms with Crippen LogP contribution in [0.4, 0.5) is 4.39 Å². The van der Waals surface area contributed by atoms with Crippen molar-refractivity contribution in [1.82, 2.24) is 0 Å². The highest BCUT2D eigenvalue weighted by Gasteiger charge is 2.19. The van der Waals surface area contributed by atoms with Crippen molar-refractivity contribution < 1.29 is 19.5 Å². The number of phenolic OH excluding ortho intramolecular Hbond substituents is 1. The van der Waals surface area contributed by atoms with Crippen molar-refractivity contribution in [2.24, 2.45) is 0 Å². The molecule has 1 aromatic rings. The van der Waals surface area contributed by atoms with E-state index < -0.39 is 12.9 Å². The lowest BCUT2D eigenvalue weighted by Crippen LogP contribution is -2.34. The molecule has 0 atom stereocenters. The number of hydrogen-bond acceptors (Lipinski definition) is 3. The van der Waals surface area contributed by atoms with Crippen LogP contribution < -0.4 is 5.46 Å². The van der Waals surface area contributed by atoms with Gasteiger partial charge in [-0.15, -0.1) is 0 Å². The lowest BCUT2D eigenvalue weighted by molar-refractivity contribution is 0.422. The fraction of sp³-hybridized carbons (Fsp3) is 0.143. The minimum atomic E-state index is -1.84. The summed E-state index contributed by atoms with van der Waals surface area (Å²) in [5.74, 6) is -1.04. The van der Waals surface area contributed by atoms with Crippen molar-refractivity contribution in [1.29, 1.82) is 0 Å². The molecule has 64 valence electrons. The summed E-state index contributed by atoms with van der Waals surface area (Å²) >= 11 is 0. The van der Waals surface area contributed by atoms with Gasteiger partial charge in [0.1, 0.15) is 11.6 Å². The van der Waals surface area contributed by atoms with E-state index in [2.05, 4.69) is 0 Å². The van der Waals surface area contributed by atoms with Gasteiger partial charge < -0.3 is 15.2 Å². The molecule has 0 heterocycles. The van der Waals surface area contributed by atoms with Gasteiger partial charge >= 0.3 is 7.12 Å². The van der Waals surface area contributed by atoms with Crippen molar-refractivity contribution in [3.63, 3.8) is 0 Å². The Balaban J connectivity index is 3.28. The Morgan fingerprint density at radius 1 is 1.33 bits per heavy atom. The molecule has 0 unspecified atom stereocenters. The number of aromatic hydroxyl groups is 1. The molecule has 3 N–H and O–H groups in total. The maximum Gasteiger partial charge on any atom is 0.491 e. The summed E-state index contributed by atoms with van der Waals surface area (Å²) in [6.07, 6.45) is 0. The molecule has 0 saturated heterocycles. The quantitative estimate of drug-likeness (QED) is 0.498. The second-order valence-corrected chi connectivity index (χ2v) is 2.53. The summed E-state index contributed by atoms with van der Waals surface area (Å²) < 4.78 is 12.9. The Kier molecular flexibility index (Phi) is 2.35. The average Bonchev–Trinajstić information content (AvgIpc) is 1.82. The first-order chi connectivity index (χ1) is 5.52. The maximum absolute atomic E-state index is 12.9. The third-order valence-corrected chi connectivity index (χ3v) is 1.58. The van der Waals surface area contributed by atoms with Crippen molar-refractivity contribution in [3.05, 3.63) is 23.5 Å². The molecule has 0 saturated carbocycles. The van der Waals surface area contributed by atoms with Crippen LogP contribution in [0.3, 0.4) is 0 Å². The Hall–Kier alpha value is -1.07. The first-order valence-electron chi connectivity index (χ1n) is 3.37. The predicted octanol–water partition coefficient (Wildman–Crippen LogP) is -0.480. The lowest BCUT2D eigenvalue weighted by Gasteiger charge is -2.05. The fourth-order valence-corrected chi connectivity index (χ4v) is 1.06. The third kappa shape index (κ3) is 1.57. The van der Waals surface area contributed by atoms with Crippen LogP contribution in [0.2, 0.25) is 0 Å². The Labute approximate surface area is 69.2 Å². The lowest BCUT2D eigenvalue weighted by atomic mass is 9.77. The van der Waals surface area contributed by atoms with E-state index in [1.165, 1.54) is 13.0 Å². The summed E-state index contributed by atoms with van der Waals surface area (Å²) in [5.41, 5.74) is 0.107. The van der Waals surface area contributed by atoms with E-state index in [0.717, 1.165) is 6.07 Å². The molecule has 1 rings (SSSR count). The molecule has 1 aromatic carbocycles. The van der Waals surface area contributed by atoms with Crippen LogP contribution in [0.25, 0.3) is 0 Å². The molecule has 12 heavy (non-hydrogen) atoms. The van der Waals surface area contributed by atoms with Gasteiger partial charge in [0.2, 0.25) is 0 Å². The van der Waals surface area contributed by atoms with Crippen LogP contribution in [0.1, 0.15) is 5.56 Å². The largest absolute Gasteiger partial charge is 0.508 e. The number of rotatable bonds is 1. The second-order valence-electron chi connectivity index (χ2n) is 2.53. The topological polar surface area (TPSA) is 60.7 Å². The van der Waals surface area contributed by atoms with Crippen LogP contribution >= 0.6 is 0 Å². The van der Waals surface area contributed by atoms with Gasteiger partial charge in [-0.1, -0.05) is 0 Å². The molecule has 0 spiro atoms. The van der Waals surface area contributed by atoms with Crippen LogP contribution in [-0.2, 0) is 0 Å². The average molecular weight is 170 g/mol. The fourth-order valence-electron chi connectivity index (χ4n) is 1.06. The molecule has 0 aromatic heterocycles. The van der Waals surface area contributed by atoms with E-state index in [9.17, 15) is 4.39 Å². The number of halogens is 1. The first kappa shape index (κ1) is 9.03. The zero-order chi connectivity index (χ0) is 9.30. The van der Waals surface area contributed by atoms with E-state index in [1.807, 2.05) is 0 Å². The molecule has 0 radical (unpaired) electrons. The van der Waals surface area contributed by atoms with Gasteiger partial charge in [0.05, 0.1) is 0 Å². The summed E-state index contributed by atoms with van der Waals surface area (Å²) in [4.78, 5) is 0. The highest BCUT2D eigenvalue weighted by molar-refractivity contribution is 6.59. The van der Waals surface area contributed by atoms with Crippen LogP contribution in [-0.4, -0.2) is 22.3 Å². The zero-order valence-corrected chi connectivity index (χ0v) is 6.45. The van der Waals surface area contributed by atoms with Crippen molar-refractivity contribution >= 4 is 12.6 Å². The highest BCUT2D eigenvalue weighted by atomic mass is 19.1. The van der Waals surface area contributed by atoms with Gasteiger partial charge in [-0.2, -0.15) is 0 Å². The van der Waals surface area contributed by atoms with E-state index in [0.29, 0.717) is 5.56 Å². The smallest absolute Gasteiger partial charge is 0.491 e. The number of hydrogen-bond donors (Lipinski definition) is 3. The third-order valence-electron chi connectivity index (χ3n) is 1.58. The molecule has 0 fully saturated rings. The standard InChI is InChI=1S/C7H8BFO3/c1-4-2-5(10)3-6(9)7(4)8(11)12/h2-3,10-12H,1H3. The normalized spacial score (nSPS) is 10.0. The van der Waals surface area contributed by atoms with E-state index in [1.54, 1.807) is 0 Å². The van der Waals surface area contributed by atoms with Gasteiger partial charge in [-0.05, 0) is 18.6 Å². The van der Waals surface area contributed by atoms with E-state index in [4.69, 9.17) is 15.2 Å². The summed E-state index contributed by atoms with van der Waals surface area (Å²) in [6.45, 7) is 1.48. The molecule has 0 bridgehead atoms. The summed E-state index contributed by atoms with van der Waals surface area (Å²) in [5, 5.41) is 26.3. The van der Waals surface area contributed by atoms with Gasteiger partial charge in [-0.25, -0.2) is 4.39 Å². The van der Waals surface area contributed by atoms with Crippen molar-refractivity contribution in [2.45, 2.75) is 6.92 Å². The van der Waals surface area contributed by atoms with Crippen molar-refractivity contribution in [2.75, 3.05) is 0 Å². The number of aryl methyl sites for hydroxylation is 1. The van der Waals surface area contributed by atoms with Gasteiger partial charge in [0.15, 0.2) is 0 Å². The Morgan fingerprint density at radius 3 is 2.33 bits per heavy atom. The second kappa shape index (κ2) is 3.12. The zero-order valence-electron chi connectivity index (χ0n) is 6.45. The van der Waals surface area contributed by atoms with Crippen LogP contribution in [0.15, 0.2) is 12.1 Å². The minimum Gasteiger partial charge on any atom is -0.508 e. The summed E-state index contributed by atoms with van der Waals surface area (Å²) in [6, 6.07) is 2.10. The van der Waals surface area contributed by atoms with Gasteiger partial charge in [0, 0.05) is 11.5 Å². The van der Waals surface area contributed by atoms with Gasteiger partial charge in [-0.3, -0.25) is 0 Å². The monoisotopic (exact) mass is 170 g/mol. The van der Waals surface area contributed by atoms with Crippen LogP contribution in [0.5, 0.6) is 5.75 Å². The molecule has 0 amide bonds. The highest BCUT2D eigenvalue weighted by Crippen LogP contribution is 2.11. The molecular formula is C7H8BFO3. The SMILES string of the molecule is Cc1cc(O)cc(F)c1B(O)O. The maximum atomic E-state index is 12.9. The van der Waals surface area contributed by atoms with Crippen molar-refractivity contribution in [3.8, 4) is 5.75 Å². The molecule has 3 nitrogen and oxygen atoms in total. The molecule has 0 aliphatic heterocycles. The minimum absolute atomic E-state index is 0.201. The van der Waals surface area contributed by atoms with Gasteiger partial charge in [0.25, 0.3) is 0 Å². The predicted molar refractivity (Wildman–Crippen MR) is 42.6 cm³/mol.